The summed E-state index contributed by atoms with van der Waals surface area (Å²) in [5.41, 5.74) is 0.939. The topological polar surface area (TPSA) is 115 Å². The number of benzene rings is 1. The van der Waals surface area contributed by atoms with Gasteiger partial charge in [-0.3, -0.25) is 9.78 Å². The lowest BCUT2D eigenvalue weighted by Crippen LogP contribution is -2.30. The maximum absolute atomic E-state index is 12.9. The predicted molar refractivity (Wildman–Crippen MR) is 120 cm³/mol. The number of hydrogen-bond acceptors (Lipinski definition) is 7. The molecule has 10 heteroatoms. The van der Waals surface area contributed by atoms with Gasteiger partial charge in [0.25, 0.3) is 5.91 Å². The summed E-state index contributed by atoms with van der Waals surface area (Å²) < 4.78 is 38.2. The molecule has 0 aliphatic carbocycles. The first-order valence-electron chi connectivity index (χ1n) is 10.3. The van der Waals surface area contributed by atoms with E-state index in [1.165, 1.54) is 28.6 Å². The Morgan fingerprint density at radius 2 is 1.94 bits per heavy atom. The van der Waals surface area contributed by atoms with E-state index in [-0.39, 0.29) is 22.4 Å². The second-order valence-electron chi connectivity index (χ2n) is 7.19. The number of anilines is 1. The van der Waals surface area contributed by atoms with E-state index in [0.29, 0.717) is 30.2 Å². The van der Waals surface area contributed by atoms with Crippen LogP contribution in [-0.4, -0.2) is 48.0 Å². The van der Waals surface area contributed by atoms with E-state index >= 15 is 0 Å². The third kappa shape index (κ3) is 5.14. The molecule has 32 heavy (non-hydrogen) atoms. The molecule has 0 saturated heterocycles. The van der Waals surface area contributed by atoms with Crippen LogP contribution in [0.5, 0.6) is 5.75 Å². The van der Waals surface area contributed by atoms with Gasteiger partial charge in [-0.25, -0.2) is 8.42 Å². The molecule has 0 aliphatic heterocycles. The second kappa shape index (κ2) is 9.92. The molecule has 170 valence electrons. The highest BCUT2D eigenvalue weighted by Crippen LogP contribution is 2.31. The first-order chi connectivity index (χ1) is 15.3. The zero-order valence-electron chi connectivity index (χ0n) is 18.4. The molecule has 1 amide bonds. The van der Waals surface area contributed by atoms with Gasteiger partial charge in [-0.2, -0.15) is 4.31 Å². The van der Waals surface area contributed by atoms with E-state index in [9.17, 15) is 13.2 Å². The number of hydrogen-bond donors (Lipinski definition) is 1. The first-order valence-corrected chi connectivity index (χ1v) is 11.7. The van der Waals surface area contributed by atoms with Crippen LogP contribution in [0, 0.1) is 0 Å². The average Bonchev–Trinajstić information content (AvgIpc) is 3.26. The molecule has 1 N–H and O–H groups in total. The number of nitrogens with one attached hydrogen (secondary N) is 1. The molecule has 0 radical (unpaired) electrons. The maximum atomic E-state index is 12.9. The van der Waals surface area contributed by atoms with Crippen LogP contribution in [0.3, 0.4) is 0 Å². The van der Waals surface area contributed by atoms with Crippen molar-refractivity contribution in [1.82, 2.24) is 14.4 Å². The lowest BCUT2D eigenvalue weighted by atomic mass is 10.2. The predicted octanol–water partition coefficient (Wildman–Crippen LogP) is 3.81. The molecule has 9 nitrogen and oxygen atoms in total. The number of sulfonamides is 1. The molecule has 0 fully saturated rings. The zero-order chi connectivity index (χ0) is 23.3. The van der Waals surface area contributed by atoms with E-state index in [0.717, 1.165) is 0 Å². The third-order valence-electron chi connectivity index (χ3n) is 4.59. The van der Waals surface area contributed by atoms with Crippen molar-refractivity contribution in [3.8, 4) is 17.1 Å². The van der Waals surface area contributed by atoms with Crippen molar-refractivity contribution < 1.29 is 22.5 Å². The van der Waals surface area contributed by atoms with Gasteiger partial charge in [-0.05, 0) is 44.2 Å². The highest BCUT2D eigenvalue weighted by molar-refractivity contribution is 7.89. The number of aromatic nitrogens is 2. The molecule has 2 aromatic heterocycles. The molecule has 0 spiro atoms. The largest absolute Gasteiger partial charge is 0.489 e. The molecule has 3 aromatic rings. The molecular weight excluding hydrogens is 432 g/mol. The minimum Gasteiger partial charge on any atom is -0.489 e. The lowest BCUT2D eigenvalue weighted by Gasteiger charge is -2.20. The Bertz CT molecular complexity index is 1170. The standard InChI is InChI=1S/C22H26N4O5S/c1-5-26(6-2)32(28,29)17-9-10-20(30-15(3)4)18(12-17)24-22(27)19-13-21(31-25-19)16-8-7-11-23-14-16/h7-15H,5-6H2,1-4H3,(H,24,27). The molecule has 0 atom stereocenters. The molecule has 0 saturated carbocycles. The number of nitrogens with zero attached hydrogens (tertiary/aromatic N) is 3. The van der Waals surface area contributed by atoms with Crippen molar-refractivity contribution in [3.05, 3.63) is 54.5 Å². The van der Waals surface area contributed by atoms with E-state index in [1.54, 1.807) is 38.4 Å². The normalized spacial score (nSPS) is 11.7. The molecule has 0 bridgehead atoms. The van der Waals surface area contributed by atoms with Gasteiger partial charge in [0.1, 0.15) is 5.75 Å². The summed E-state index contributed by atoms with van der Waals surface area (Å²) >= 11 is 0. The van der Waals surface area contributed by atoms with Crippen molar-refractivity contribution in [2.75, 3.05) is 18.4 Å². The van der Waals surface area contributed by atoms with Crippen molar-refractivity contribution in [3.63, 3.8) is 0 Å². The Morgan fingerprint density at radius 3 is 2.56 bits per heavy atom. The van der Waals surface area contributed by atoms with Crippen LogP contribution in [0.15, 0.2) is 58.2 Å². The fourth-order valence-corrected chi connectivity index (χ4v) is 4.53. The minimum absolute atomic E-state index is 0.0383. The van der Waals surface area contributed by atoms with Crippen LogP contribution in [0.4, 0.5) is 5.69 Å². The average molecular weight is 459 g/mol. The molecule has 3 rings (SSSR count). The summed E-state index contributed by atoms with van der Waals surface area (Å²) in [6.45, 7) is 7.88. The summed E-state index contributed by atoms with van der Waals surface area (Å²) in [5, 5.41) is 6.52. The van der Waals surface area contributed by atoms with Gasteiger partial charge < -0.3 is 14.6 Å². The monoisotopic (exact) mass is 458 g/mol. The Kier molecular flexibility index (Phi) is 7.26. The molecule has 1 aromatic carbocycles. The quantitative estimate of drug-likeness (QED) is 0.518. The molecule has 0 unspecified atom stereocenters. The van der Waals surface area contributed by atoms with Gasteiger partial charge in [-0.15, -0.1) is 0 Å². The Morgan fingerprint density at radius 1 is 1.19 bits per heavy atom. The van der Waals surface area contributed by atoms with Crippen LogP contribution >= 0.6 is 0 Å². The lowest BCUT2D eigenvalue weighted by molar-refractivity contribution is 0.101. The fraction of sp³-hybridized carbons (Fsp3) is 0.318. The van der Waals surface area contributed by atoms with Gasteiger partial charge in [-0.1, -0.05) is 19.0 Å². The van der Waals surface area contributed by atoms with Crippen molar-refractivity contribution >= 4 is 21.6 Å². The maximum Gasteiger partial charge on any atom is 0.277 e. The van der Waals surface area contributed by atoms with Crippen LogP contribution < -0.4 is 10.1 Å². The van der Waals surface area contributed by atoms with E-state index < -0.39 is 15.9 Å². The summed E-state index contributed by atoms with van der Waals surface area (Å²) in [4.78, 5) is 16.9. The smallest absolute Gasteiger partial charge is 0.277 e. The highest BCUT2D eigenvalue weighted by atomic mass is 32.2. The van der Waals surface area contributed by atoms with Gasteiger partial charge in [0.2, 0.25) is 10.0 Å². The van der Waals surface area contributed by atoms with E-state index in [2.05, 4.69) is 15.5 Å². The van der Waals surface area contributed by atoms with Crippen LogP contribution in [-0.2, 0) is 10.0 Å². The van der Waals surface area contributed by atoms with Gasteiger partial charge in [0.05, 0.1) is 16.7 Å². The summed E-state index contributed by atoms with van der Waals surface area (Å²) in [5.74, 6) is 0.178. The van der Waals surface area contributed by atoms with Crippen LogP contribution in [0.1, 0.15) is 38.2 Å². The molecule has 2 heterocycles. The Hall–Kier alpha value is -3.24. The van der Waals surface area contributed by atoms with Gasteiger partial charge >= 0.3 is 0 Å². The van der Waals surface area contributed by atoms with Crippen LogP contribution in [0.25, 0.3) is 11.3 Å². The zero-order valence-corrected chi connectivity index (χ0v) is 19.2. The molecular formula is C22H26N4O5S. The van der Waals surface area contributed by atoms with Crippen LogP contribution in [0.2, 0.25) is 0 Å². The summed E-state index contributed by atoms with van der Waals surface area (Å²) in [7, 11) is -3.72. The summed E-state index contributed by atoms with van der Waals surface area (Å²) in [6, 6.07) is 9.42. The number of rotatable bonds is 9. The minimum atomic E-state index is -3.72. The third-order valence-corrected chi connectivity index (χ3v) is 6.64. The first kappa shape index (κ1) is 23.4. The van der Waals surface area contributed by atoms with Gasteiger partial charge in [0, 0.05) is 37.1 Å². The van der Waals surface area contributed by atoms with Gasteiger partial charge in [0.15, 0.2) is 11.5 Å². The number of carbonyl (C=O) groups is 1. The Labute approximate surface area is 187 Å². The molecule has 0 aliphatic rings. The highest BCUT2D eigenvalue weighted by Gasteiger charge is 2.24. The van der Waals surface area contributed by atoms with E-state index in [4.69, 9.17) is 9.26 Å². The number of ether oxygens (including phenoxy) is 1. The van der Waals surface area contributed by atoms with Crippen molar-refractivity contribution in [2.24, 2.45) is 0 Å². The van der Waals surface area contributed by atoms with E-state index in [1.807, 2.05) is 13.8 Å². The number of carbonyl (C=O) groups excluding carboxylic acids is 1. The van der Waals surface area contributed by atoms with Crippen molar-refractivity contribution in [2.45, 2.75) is 38.7 Å². The second-order valence-corrected chi connectivity index (χ2v) is 9.12. The number of pyridine rings is 1. The summed E-state index contributed by atoms with van der Waals surface area (Å²) in [6.07, 6.45) is 3.04. The number of amides is 1. The van der Waals surface area contributed by atoms with Crippen molar-refractivity contribution in [1.29, 1.82) is 0 Å². The SMILES string of the molecule is CCN(CC)S(=O)(=O)c1ccc(OC(C)C)c(NC(=O)c2cc(-c3cccnc3)on2)c1. The Balaban J connectivity index is 1.93. The fourth-order valence-electron chi connectivity index (χ4n) is 3.05.